The van der Waals surface area contributed by atoms with Crippen molar-refractivity contribution in [2.75, 3.05) is 0 Å². The van der Waals surface area contributed by atoms with E-state index in [0.29, 0.717) is 41.3 Å². The van der Waals surface area contributed by atoms with Gasteiger partial charge in [0.05, 0.1) is 17.9 Å². The molecule has 1 aliphatic carbocycles. The molecule has 180 valence electrons. The predicted molar refractivity (Wildman–Crippen MR) is 113 cm³/mol. The molecule has 3 atom stereocenters. The van der Waals surface area contributed by atoms with Crippen molar-refractivity contribution in [1.29, 1.82) is 0 Å². The number of ether oxygens (including phenoxy) is 2. The Morgan fingerprint density at radius 3 is 2.82 bits per heavy atom. The van der Waals surface area contributed by atoms with Gasteiger partial charge in [-0.05, 0) is 43.9 Å². The van der Waals surface area contributed by atoms with E-state index in [4.69, 9.17) is 21.2 Å². The molecule has 0 aromatic heterocycles. The van der Waals surface area contributed by atoms with E-state index in [-0.39, 0.29) is 31.3 Å². The number of benzene rings is 1. The van der Waals surface area contributed by atoms with Crippen LogP contribution in [0.2, 0.25) is 5.02 Å². The molecular weight excluding hydrogens is 465 g/mol. The summed E-state index contributed by atoms with van der Waals surface area (Å²) in [5.41, 5.74) is 1.78. The zero-order valence-electron chi connectivity index (χ0n) is 17.6. The molecule has 11 heteroatoms. The highest BCUT2D eigenvalue weighted by atomic mass is 35.5. The third-order valence-corrected chi connectivity index (χ3v) is 6.29. The van der Waals surface area contributed by atoms with E-state index in [1.165, 1.54) is 0 Å². The summed E-state index contributed by atoms with van der Waals surface area (Å²) in [6, 6.07) is 4.85. The molecule has 1 aromatic rings. The van der Waals surface area contributed by atoms with Crippen LogP contribution in [0.15, 0.2) is 35.6 Å². The van der Waals surface area contributed by atoms with Crippen LogP contribution in [0, 0.1) is 5.92 Å². The van der Waals surface area contributed by atoms with Gasteiger partial charge in [0.2, 0.25) is 0 Å². The van der Waals surface area contributed by atoms with Gasteiger partial charge in [0.15, 0.2) is 6.10 Å². The molecule has 7 nitrogen and oxygen atoms in total. The zero-order valence-corrected chi connectivity index (χ0v) is 18.4. The lowest BCUT2D eigenvalue weighted by atomic mass is 9.77. The first-order chi connectivity index (χ1) is 15.6. The smallest absolute Gasteiger partial charge is 0.480 e. The number of allylic oxidation sites excluding steroid dienone is 1. The van der Waals surface area contributed by atoms with Crippen molar-refractivity contribution in [3.05, 3.63) is 41.1 Å². The number of alkyl halides is 3. The second kappa shape index (κ2) is 9.52. The lowest BCUT2D eigenvalue weighted by Crippen LogP contribution is -2.41. The molecule has 2 N–H and O–H groups in total. The number of rotatable bonds is 7. The molecule has 2 aliphatic heterocycles. The number of carbonyl (C=O) groups is 1. The Kier molecular flexibility index (Phi) is 6.88. The maximum Gasteiger partial charge on any atom is 0.522 e. The third-order valence-electron chi connectivity index (χ3n) is 6.06. The minimum absolute atomic E-state index is 0.0193. The van der Waals surface area contributed by atoms with E-state index in [2.05, 4.69) is 21.8 Å². The van der Waals surface area contributed by atoms with Gasteiger partial charge in [-0.25, -0.2) is 0 Å². The summed E-state index contributed by atoms with van der Waals surface area (Å²) in [7, 11) is 0. The van der Waals surface area contributed by atoms with E-state index in [0.717, 1.165) is 5.71 Å². The molecule has 1 aromatic carbocycles. The topological polar surface area (TPSA) is 89.4 Å². The number of aliphatic hydroxyl groups excluding tert-OH is 1. The third kappa shape index (κ3) is 5.99. The summed E-state index contributed by atoms with van der Waals surface area (Å²) in [5.74, 6) is -0.0206. The van der Waals surface area contributed by atoms with Crippen LogP contribution in [-0.2, 0) is 14.4 Å². The Hall–Kier alpha value is -2.30. The molecule has 1 saturated carbocycles. The largest absolute Gasteiger partial charge is 0.522 e. The summed E-state index contributed by atoms with van der Waals surface area (Å²) >= 11 is 5.94. The second-order valence-electron chi connectivity index (χ2n) is 8.56. The quantitative estimate of drug-likeness (QED) is 0.594. The van der Waals surface area contributed by atoms with Gasteiger partial charge in [-0.3, -0.25) is 9.53 Å². The Labute approximate surface area is 193 Å². The van der Waals surface area contributed by atoms with E-state index in [1.54, 1.807) is 18.2 Å². The molecule has 4 rings (SSSR count). The van der Waals surface area contributed by atoms with Crippen LogP contribution in [0.25, 0.3) is 0 Å². The Morgan fingerprint density at radius 1 is 1.33 bits per heavy atom. The average molecular weight is 489 g/mol. The van der Waals surface area contributed by atoms with Crippen molar-refractivity contribution >= 4 is 23.2 Å². The molecule has 1 fully saturated rings. The van der Waals surface area contributed by atoms with Crippen LogP contribution in [0.1, 0.15) is 50.2 Å². The fraction of sp³-hybridized carbons (Fsp3) is 0.545. The van der Waals surface area contributed by atoms with Crippen molar-refractivity contribution in [3.8, 4) is 5.75 Å². The lowest BCUT2D eigenvalue weighted by Gasteiger charge is -2.37. The van der Waals surface area contributed by atoms with Crippen molar-refractivity contribution < 1.29 is 37.4 Å². The highest BCUT2D eigenvalue weighted by Gasteiger charge is 2.44. The van der Waals surface area contributed by atoms with Crippen molar-refractivity contribution in [3.63, 3.8) is 0 Å². The average Bonchev–Trinajstić information content (AvgIpc) is 3.17. The molecule has 0 bridgehead atoms. The fourth-order valence-corrected chi connectivity index (χ4v) is 4.42. The zero-order chi connectivity index (χ0) is 23.8. The predicted octanol–water partition coefficient (Wildman–Crippen LogP) is 4.39. The van der Waals surface area contributed by atoms with Gasteiger partial charge in [0.1, 0.15) is 11.9 Å². The van der Waals surface area contributed by atoms with Crippen molar-refractivity contribution in [1.82, 2.24) is 5.32 Å². The van der Waals surface area contributed by atoms with E-state index >= 15 is 0 Å². The Bertz CT molecular complexity index is 948. The number of nitrogens with one attached hydrogen (secondary N) is 1. The number of hydrogen-bond acceptors (Lipinski definition) is 6. The number of fused-ring (bicyclic) bond motifs is 1. The number of carbonyl (C=O) groups excluding carboxylic acids is 1. The van der Waals surface area contributed by atoms with Crippen LogP contribution in [0.4, 0.5) is 13.2 Å². The van der Waals surface area contributed by atoms with Crippen molar-refractivity contribution in [2.45, 2.75) is 69.3 Å². The normalized spacial score (nSPS) is 28.6. The molecule has 1 amide bonds. The monoisotopic (exact) mass is 488 g/mol. The van der Waals surface area contributed by atoms with Gasteiger partial charge in [-0.1, -0.05) is 23.3 Å². The SMILES string of the molecule is C=C(CCC1=NOC([C@H]2C[C@@H](OC(F)(F)F)C2)C1)NC(=O)[C@@H]1C[C@@H](O)c2cc(Cl)ccc2O1. The van der Waals surface area contributed by atoms with Crippen molar-refractivity contribution in [2.24, 2.45) is 11.1 Å². The highest BCUT2D eigenvalue weighted by molar-refractivity contribution is 6.30. The molecule has 1 unspecified atom stereocenters. The van der Waals surface area contributed by atoms with Gasteiger partial charge in [0, 0.05) is 35.0 Å². The first-order valence-corrected chi connectivity index (χ1v) is 11.0. The van der Waals surface area contributed by atoms with Crippen LogP contribution >= 0.6 is 11.6 Å². The number of halogens is 4. The molecular formula is C22H24ClF3N2O5. The van der Waals surface area contributed by atoms with Crippen LogP contribution in [0.5, 0.6) is 5.75 Å². The Balaban J connectivity index is 1.18. The number of oxime groups is 1. The van der Waals surface area contributed by atoms with Crippen LogP contribution in [0.3, 0.4) is 0 Å². The summed E-state index contributed by atoms with van der Waals surface area (Å²) < 4.78 is 46.4. The molecule has 0 saturated heterocycles. The van der Waals surface area contributed by atoms with Crippen LogP contribution in [-0.4, -0.2) is 41.4 Å². The van der Waals surface area contributed by atoms with E-state index in [1.807, 2.05) is 0 Å². The lowest BCUT2D eigenvalue weighted by molar-refractivity contribution is -0.356. The van der Waals surface area contributed by atoms with E-state index in [9.17, 15) is 23.1 Å². The second-order valence-corrected chi connectivity index (χ2v) is 8.99. The minimum Gasteiger partial charge on any atom is -0.480 e. The van der Waals surface area contributed by atoms with Gasteiger partial charge >= 0.3 is 6.36 Å². The Morgan fingerprint density at radius 2 is 2.09 bits per heavy atom. The summed E-state index contributed by atoms with van der Waals surface area (Å²) in [6.45, 7) is 3.86. The van der Waals surface area contributed by atoms with Gasteiger partial charge in [-0.15, -0.1) is 13.2 Å². The molecule has 2 heterocycles. The summed E-state index contributed by atoms with van der Waals surface area (Å²) in [6.07, 6.45) is -5.29. The van der Waals surface area contributed by atoms with Gasteiger partial charge < -0.3 is 20.0 Å². The molecule has 33 heavy (non-hydrogen) atoms. The number of hydrogen-bond donors (Lipinski definition) is 2. The first-order valence-electron chi connectivity index (χ1n) is 10.7. The number of aliphatic hydroxyl groups is 1. The molecule has 3 aliphatic rings. The highest BCUT2D eigenvalue weighted by Crippen LogP contribution is 2.40. The standard InChI is InChI=1S/C22H24ClF3N2O5/c1-11(27-21(30)20-10-17(29)16-8-13(23)3-5-18(16)31-20)2-4-14-9-19(33-28-14)12-6-15(7-12)32-22(24,25)26/h3,5,8,12,15,17,19-20,29H,1-2,4,6-7,9-10H2,(H,27,30)/t12-,15+,17-,19?,20+/m1/s1. The molecule has 0 radical (unpaired) electrons. The molecule has 0 spiro atoms. The minimum atomic E-state index is -4.61. The number of amides is 1. The maximum absolute atomic E-state index is 12.6. The van der Waals surface area contributed by atoms with Gasteiger partial charge in [0.25, 0.3) is 5.91 Å². The fourth-order valence-electron chi connectivity index (χ4n) is 4.24. The number of nitrogens with zero attached hydrogens (tertiary/aromatic N) is 1. The van der Waals surface area contributed by atoms with E-state index < -0.39 is 30.6 Å². The first kappa shape index (κ1) is 23.8. The summed E-state index contributed by atoms with van der Waals surface area (Å²) in [4.78, 5) is 18.0. The summed E-state index contributed by atoms with van der Waals surface area (Å²) in [5, 5.41) is 17.5. The van der Waals surface area contributed by atoms with Crippen LogP contribution < -0.4 is 10.1 Å². The van der Waals surface area contributed by atoms with Gasteiger partial charge in [-0.2, -0.15) is 0 Å². The maximum atomic E-state index is 12.6.